The third kappa shape index (κ3) is 1.87. The normalized spacial score (nSPS) is 11.2. The van der Waals surface area contributed by atoms with Crippen LogP contribution < -0.4 is 5.73 Å². The highest BCUT2D eigenvalue weighted by Gasteiger charge is 2.12. The Morgan fingerprint density at radius 1 is 1.39 bits per heavy atom. The van der Waals surface area contributed by atoms with Gasteiger partial charge >= 0.3 is 0 Å². The lowest BCUT2D eigenvalue weighted by atomic mass is 10.3. The molecular formula is C13H11ClN2OS. The zero-order chi connectivity index (χ0) is 12.7. The molecule has 0 unspecified atom stereocenters. The van der Waals surface area contributed by atoms with Crippen LogP contribution in [0.1, 0.15) is 11.8 Å². The van der Waals surface area contributed by atoms with Crippen molar-refractivity contribution >= 4 is 39.7 Å². The van der Waals surface area contributed by atoms with Crippen LogP contribution in [0.4, 0.5) is 5.69 Å². The molecule has 18 heavy (non-hydrogen) atoms. The van der Waals surface area contributed by atoms with Gasteiger partial charge in [0.25, 0.3) is 0 Å². The van der Waals surface area contributed by atoms with Gasteiger partial charge < -0.3 is 10.2 Å². The molecule has 0 fully saturated rings. The maximum atomic E-state index is 5.97. The Balaban J connectivity index is 2.13. The molecule has 0 spiro atoms. The summed E-state index contributed by atoms with van der Waals surface area (Å²) in [7, 11) is 0. The Morgan fingerprint density at radius 3 is 2.94 bits per heavy atom. The van der Waals surface area contributed by atoms with Crippen LogP contribution in [-0.2, 0) is 6.42 Å². The van der Waals surface area contributed by atoms with E-state index < -0.39 is 0 Å². The van der Waals surface area contributed by atoms with Crippen molar-refractivity contribution in [2.45, 2.75) is 13.3 Å². The third-order valence-corrected chi connectivity index (χ3v) is 4.27. The quantitative estimate of drug-likeness (QED) is 0.709. The van der Waals surface area contributed by atoms with E-state index in [-0.39, 0.29) is 0 Å². The zero-order valence-corrected chi connectivity index (χ0v) is 11.3. The van der Waals surface area contributed by atoms with E-state index in [1.165, 1.54) is 4.88 Å². The van der Waals surface area contributed by atoms with Gasteiger partial charge in [-0.25, -0.2) is 4.98 Å². The number of oxazole rings is 1. The van der Waals surface area contributed by atoms with Crippen molar-refractivity contribution in [1.82, 2.24) is 4.98 Å². The van der Waals surface area contributed by atoms with E-state index in [2.05, 4.69) is 18.0 Å². The predicted molar refractivity (Wildman–Crippen MR) is 76.1 cm³/mol. The first-order valence-corrected chi connectivity index (χ1v) is 6.81. The average Bonchev–Trinajstić information content (AvgIpc) is 2.95. The number of anilines is 1. The van der Waals surface area contributed by atoms with Crippen LogP contribution in [0.5, 0.6) is 0 Å². The van der Waals surface area contributed by atoms with E-state index >= 15 is 0 Å². The number of halogens is 1. The molecule has 2 N–H and O–H groups in total. The van der Waals surface area contributed by atoms with E-state index in [9.17, 15) is 0 Å². The van der Waals surface area contributed by atoms with Crippen molar-refractivity contribution in [1.29, 1.82) is 0 Å². The van der Waals surface area contributed by atoms with Gasteiger partial charge in [-0.1, -0.05) is 18.5 Å². The van der Waals surface area contributed by atoms with E-state index in [4.69, 9.17) is 21.8 Å². The highest BCUT2D eigenvalue weighted by Crippen LogP contribution is 2.32. The summed E-state index contributed by atoms with van der Waals surface area (Å²) in [5.41, 5.74) is 7.65. The summed E-state index contributed by atoms with van der Waals surface area (Å²) in [5, 5.41) is 0.503. The fraction of sp³-hybridized carbons (Fsp3) is 0.154. The van der Waals surface area contributed by atoms with Gasteiger partial charge in [0.05, 0.1) is 15.6 Å². The molecule has 1 aromatic carbocycles. The SMILES string of the molecule is CCc1ccc(-c2nc3cc(Cl)c(N)cc3o2)s1. The second-order valence-corrected chi connectivity index (χ2v) is 5.56. The van der Waals surface area contributed by atoms with Gasteiger partial charge in [0, 0.05) is 10.9 Å². The summed E-state index contributed by atoms with van der Waals surface area (Å²) >= 11 is 7.65. The minimum absolute atomic E-state index is 0.503. The Kier molecular flexibility index (Phi) is 2.76. The van der Waals surface area contributed by atoms with Crippen LogP contribution in [0.15, 0.2) is 28.7 Å². The van der Waals surface area contributed by atoms with Gasteiger partial charge in [-0.15, -0.1) is 11.3 Å². The smallest absolute Gasteiger partial charge is 0.237 e. The average molecular weight is 279 g/mol. The van der Waals surface area contributed by atoms with Crippen molar-refractivity contribution in [3.05, 3.63) is 34.2 Å². The molecule has 2 aromatic heterocycles. The largest absolute Gasteiger partial charge is 0.435 e. The monoisotopic (exact) mass is 278 g/mol. The maximum absolute atomic E-state index is 5.97. The van der Waals surface area contributed by atoms with Gasteiger partial charge in [-0.2, -0.15) is 0 Å². The number of aromatic nitrogens is 1. The number of fused-ring (bicyclic) bond motifs is 1. The molecule has 3 rings (SSSR count). The molecule has 0 saturated carbocycles. The first-order valence-electron chi connectivity index (χ1n) is 5.62. The predicted octanol–water partition coefficient (Wildman–Crippen LogP) is 4.35. The Labute approximate surface area is 113 Å². The number of aryl methyl sites for hydroxylation is 1. The fourth-order valence-electron chi connectivity index (χ4n) is 1.75. The van der Waals surface area contributed by atoms with Crippen molar-refractivity contribution in [3.63, 3.8) is 0 Å². The van der Waals surface area contributed by atoms with Crippen LogP contribution in [0.3, 0.4) is 0 Å². The highest BCUT2D eigenvalue weighted by molar-refractivity contribution is 7.15. The molecular weight excluding hydrogens is 268 g/mol. The minimum Gasteiger partial charge on any atom is -0.435 e. The summed E-state index contributed by atoms with van der Waals surface area (Å²) < 4.78 is 5.71. The lowest BCUT2D eigenvalue weighted by Crippen LogP contribution is -1.84. The molecule has 0 bridgehead atoms. The summed E-state index contributed by atoms with van der Waals surface area (Å²) in [5.74, 6) is 0.622. The van der Waals surface area contributed by atoms with Gasteiger partial charge in [-0.05, 0) is 24.6 Å². The number of nitrogens with two attached hydrogens (primary N) is 1. The number of benzene rings is 1. The van der Waals surface area contributed by atoms with Crippen LogP contribution in [0, 0.1) is 0 Å². The molecule has 92 valence electrons. The first kappa shape index (κ1) is 11.6. The molecule has 3 aromatic rings. The van der Waals surface area contributed by atoms with Crippen LogP contribution in [0.2, 0.25) is 5.02 Å². The highest BCUT2D eigenvalue weighted by atomic mass is 35.5. The summed E-state index contributed by atoms with van der Waals surface area (Å²) in [6, 6.07) is 7.56. The van der Waals surface area contributed by atoms with Gasteiger partial charge in [0.2, 0.25) is 5.89 Å². The molecule has 0 aliphatic carbocycles. The second kappa shape index (κ2) is 4.30. The van der Waals surface area contributed by atoms with E-state index in [0.29, 0.717) is 22.2 Å². The van der Waals surface area contributed by atoms with E-state index in [0.717, 1.165) is 16.8 Å². The lowest BCUT2D eigenvalue weighted by Gasteiger charge is -1.94. The van der Waals surface area contributed by atoms with Gasteiger partial charge in [-0.3, -0.25) is 0 Å². The van der Waals surface area contributed by atoms with Crippen molar-refractivity contribution in [3.8, 4) is 10.8 Å². The van der Waals surface area contributed by atoms with Crippen molar-refractivity contribution in [2.24, 2.45) is 0 Å². The van der Waals surface area contributed by atoms with Gasteiger partial charge in [0.15, 0.2) is 5.58 Å². The van der Waals surface area contributed by atoms with Crippen LogP contribution in [0.25, 0.3) is 21.9 Å². The molecule has 5 heteroatoms. The maximum Gasteiger partial charge on any atom is 0.237 e. The number of hydrogen-bond acceptors (Lipinski definition) is 4. The number of nitrogens with zero attached hydrogens (tertiary/aromatic N) is 1. The summed E-state index contributed by atoms with van der Waals surface area (Å²) in [6.07, 6.45) is 1.02. The Hall–Kier alpha value is -1.52. The van der Waals surface area contributed by atoms with Crippen LogP contribution in [-0.4, -0.2) is 4.98 Å². The van der Waals surface area contributed by atoms with Crippen LogP contribution >= 0.6 is 22.9 Å². The molecule has 0 radical (unpaired) electrons. The number of nitrogen functional groups attached to an aromatic ring is 1. The standard InChI is InChI=1S/C13H11ClN2OS/c1-2-7-3-4-12(18-7)13-16-10-5-8(14)9(15)6-11(10)17-13/h3-6H,2,15H2,1H3. The number of rotatable bonds is 2. The second-order valence-electron chi connectivity index (χ2n) is 3.98. The molecule has 0 saturated heterocycles. The van der Waals surface area contributed by atoms with E-state index in [1.807, 2.05) is 6.07 Å². The fourth-order valence-corrected chi connectivity index (χ4v) is 2.78. The van der Waals surface area contributed by atoms with Crippen molar-refractivity contribution in [2.75, 3.05) is 5.73 Å². The van der Waals surface area contributed by atoms with Gasteiger partial charge in [0.1, 0.15) is 5.52 Å². The lowest BCUT2D eigenvalue weighted by molar-refractivity contribution is 0.622. The Morgan fingerprint density at radius 2 is 2.22 bits per heavy atom. The first-order chi connectivity index (χ1) is 8.67. The minimum atomic E-state index is 0.503. The third-order valence-electron chi connectivity index (χ3n) is 2.73. The molecule has 0 atom stereocenters. The number of thiophene rings is 1. The van der Waals surface area contributed by atoms with Crippen molar-refractivity contribution < 1.29 is 4.42 Å². The zero-order valence-electron chi connectivity index (χ0n) is 9.74. The summed E-state index contributed by atoms with van der Waals surface area (Å²) in [4.78, 5) is 6.77. The van der Waals surface area contributed by atoms with E-state index in [1.54, 1.807) is 23.5 Å². The summed E-state index contributed by atoms with van der Waals surface area (Å²) in [6.45, 7) is 2.13. The molecule has 2 heterocycles. The molecule has 0 aliphatic rings. The number of hydrogen-bond donors (Lipinski definition) is 1. The topological polar surface area (TPSA) is 52.0 Å². The molecule has 0 amide bonds. The molecule has 0 aliphatic heterocycles. The Bertz CT molecular complexity index is 678. The molecule has 3 nitrogen and oxygen atoms in total.